The van der Waals surface area contributed by atoms with Crippen molar-refractivity contribution in [2.75, 3.05) is 18.5 Å². The van der Waals surface area contributed by atoms with Gasteiger partial charge in [0.05, 0.1) is 6.61 Å². The molecule has 1 fully saturated rings. The van der Waals surface area contributed by atoms with Crippen LogP contribution in [0.5, 0.6) is 0 Å². The van der Waals surface area contributed by atoms with Gasteiger partial charge in [0.2, 0.25) is 0 Å². The Morgan fingerprint density at radius 2 is 2.37 bits per heavy atom. The van der Waals surface area contributed by atoms with Crippen LogP contribution in [0.3, 0.4) is 0 Å². The summed E-state index contributed by atoms with van der Waals surface area (Å²) < 4.78 is 4.83. The van der Waals surface area contributed by atoms with E-state index < -0.39 is 0 Å². The summed E-state index contributed by atoms with van der Waals surface area (Å²) in [6, 6.07) is 1.44. The van der Waals surface area contributed by atoms with E-state index in [1.54, 1.807) is 6.92 Å². The molecule has 0 aliphatic heterocycles. The van der Waals surface area contributed by atoms with Crippen LogP contribution in [0.4, 0.5) is 5.82 Å². The van der Waals surface area contributed by atoms with Gasteiger partial charge in [-0.05, 0) is 26.2 Å². The van der Waals surface area contributed by atoms with E-state index in [-0.39, 0.29) is 11.5 Å². The number of rotatable bonds is 7. The Hall–Kier alpha value is -1.85. The topological polar surface area (TPSA) is 84.1 Å². The fourth-order valence-corrected chi connectivity index (χ4v) is 1.80. The molecule has 6 nitrogen and oxygen atoms in total. The summed E-state index contributed by atoms with van der Waals surface area (Å²) in [6.07, 6.45) is 3.22. The van der Waals surface area contributed by atoms with Gasteiger partial charge in [-0.25, -0.2) is 4.98 Å². The van der Waals surface area contributed by atoms with Crippen LogP contribution in [0.15, 0.2) is 10.9 Å². The Labute approximate surface area is 111 Å². The van der Waals surface area contributed by atoms with Gasteiger partial charge in [-0.3, -0.25) is 9.59 Å². The molecule has 1 saturated carbocycles. The van der Waals surface area contributed by atoms with Gasteiger partial charge in [-0.1, -0.05) is 0 Å². The van der Waals surface area contributed by atoms with Crippen molar-refractivity contribution in [3.05, 3.63) is 22.2 Å². The van der Waals surface area contributed by atoms with Crippen molar-refractivity contribution in [2.24, 2.45) is 0 Å². The van der Waals surface area contributed by atoms with Crippen molar-refractivity contribution in [3.63, 3.8) is 0 Å². The van der Waals surface area contributed by atoms with Gasteiger partial charge >= 0.3 is 5.97 Å². The predicted molar refractivity (Wildman–Crippen MR) is 71.2 cm³/mol. The zero-order chi connectivity index (χ0) is 13.7. The molecular formula is C13H19N3O3. The smallest absolute Gasteiger partial charge is 0.305 e. The van der Waals surface area contributed by atoms with Crippen LogP contribution in [0, 0.1) is 0 Å². The molecule has 0 unspecified atom stereocenters. The number of hydrogen-bond acceptors (Lipinski definition) is 5. The molecule has 19 heavy (non-hydrogen) atoms. The van der Waals surface area contributed by atoms with E-state index in [1.165, 1.54) is 6.07 Å². The summed E-state index contributed by atoms with van der Waals surface area (Å²) >= 11 is 0. The molecule has 0 atom stereocenters. The lowest BCUT2D eigenvalue weighted by molar-refractivity contribution is -0.143. The van der Waals surface area contributed by atoms with Gasteiger partial charge in [0.15, 0.2) is 0 Å². The molecule has 2 N–H and O–H groups in total. The SMILES string of the molecule is CCOC(=O)CCCNc1cc(=O)[nH]c(C2CC2)n1. The van der Waals surface area contributed by atoms with E-state index in [2.05, 4.69) is 15.3 Å². The molecular weight excluding hydrogens is 246 g/mol. The zero-order valence-corrected chi connectivity index (χ0v) is 11.1. The molecule has 2 rings (SSSR count). The third kappa shape index (κ3) is 4.39. The Bertz CT molecular complexity index is 494. The van der Waals surface area contributed by atoms with Crippen LogP contribution in [0.25, 0.3) is 0 Å². The molecule has 0 amide bonds. The highest BCUT2D eigenvalue weighted by molar-refractivity contribution is 5.69. The summed E-state index contributed by atoms with van der Waals surface area (Å²) in [5.74, 6) is 1.56. The third-order valence-corrected chi connectivity index (χ3v) is 2.89. The number of ether oxygens (including phenoxy) is 1. The van der Waals surface area contributed by atoms with Crippen molar-refractivity contribution < 1.29 is 9.53 Å². The van der Waals surface area contributed by atoms with Crippen molar-refractivity contribution in [1.82, 2.24) is 9.97 Å². The highest BCUT2D eigenvalue weighted by Gasteiger charge is 2.26. The molecule has 0 spiro atoms. The number of H-pyrrole nitrogens is 1. The summed E-state index contributed by atoms with van der Waals surface area (Å²) in [6.45, 7) is 2.79. The monoisotopic (exact) mass is 265 g/mol. The van der Waals surface area contributed by atoms with Gasteiger partial charge in [0, 0.05) is 24.9 Å². The maximum absolute atomic E-state index is 11.5. The number of aromatic nitrogens is 2. The second-order valence-corrected chi connectivity index (χ2v) is 4.63. The number of aromatic amines is 1. The second-order valence-electron chi connectivity index (χ2n) is 4.63. The number of nitrogens with one attached hydrogen (secondary N) is 2. The standard InChI is InChI=1S/C13H19N3O3/c1-2-19-12(18)4-3-7-14-10-8-11(17)16-13(15-10)9-5-6-9/h8-9H,2-7H2,1H3,(H2,14,15,16,17). The van der Waals surface area contributed by atoms with Crippen molar-refractivity contribution >= 4 is 11.8 Å². The highest BCUT2D eigenvalue weighted by atomic mass is 16.5. The second kappa shape index (κ2) is 6.36. The van der Waals surface area contributed by atoms with Gasteiger partial charge < -0.3 is 15.0 Å². The van der Waals surface area contributed by atoms with Crippen LogP contribution in [-0.2, 0) is 9.53 Å². The maximum atomic E-state index is 11.5. The Morgan fingerprint density at radius 1 is 1.58 bits per heavy atom. The molecule has 1 aromatic heterocycles. The number of nitrogens with zero attached hydrogens (tertiary/aromatic N) is 1. The lowest BCUT2D eigenvalue weighted by Crippen LogP contribution is -2.14. The zero-order valence-electron chi connectivity index (χ0n) is 11.1. The molecule has 1 aliphatic rings. The Morgan fingerprint density at radius 3 is 3.05 bits per heavy atom. The highest BCUT2D eigenvalue weighted by Crippen LogP contribution is 2.37. The van der Waals surface area contributed by atoms with Crippen molar-refractivity contribution in [3.8, 4) is 0 Å². The molecule has 0 bridgehead atoms. The van der Waals surface area contributed by atoms with E-state index in [4.69, 9.17) is 4.74 Å². The van der Waals surface area contributed by atoms with E-state index in [1.807, 2.05) is 0 Å². The molecule has 0 aromatic carbocycles. The quantitative estimate of drug-likeness (QED) is 0.575. The summed E-state index contributed by atoms with van der Waals surface area (Å²) in [7, 11) is 0. The normalized spacial score (nSPS) is 14.2. The number of anilines is 1. The Balaban J connectivity index is 1.79. The predicted octanol–water partition coefficient (Wildman–Crippen LogP) is 1.40. The fraction of sp³-hybridized carbons (Fsp3) is 0.615. The Kier molecular flexibility index (Phi) is 4.54. The number of esters is 1. The summed E-state index contributed by atoms with van der Waals surface area (Å²) in [5, 5.41) is 3.07. The van der Waals surface area contributed by atoms with Gasteiger partial charge in [0.25, 0.3) is 5.56 Å². The average molecular weight is 265 g/mol. The first kappa shape index (κ1) is 13.6. The first-order chi connectivity index (χ1) is 9.19. The fourth-order valence-electron chi connectivity index (χ4n) is 1.80. The summed E-state index contributed by atoms with van der Waals surface area (Å²) in [4.78, 5) is 29.7. The lowest BCUT2D eigenvalue weighted by Gasteiger charge is -2.06. The molecule has 104 valence electrons. The minimum Gasteiger partial charge on any atom is -0.466 e. The van der Waals surface area contributed by atoms with Crippen molar-refractivity contribution in [1.29, 1.82) is 0 Å². The first-order valence-electron chi connectivity index (χ1n) is 6.69. The number of carbonyl (C=O) groups excluding carboxylic acids is 1. The maximum Gasteiger partial charge on any atom is 0.305 e. The molecule has 0 saturated heterocycles. The van der Waals surface area contributed by atoms with Crippen LogP contribution in [0.1, 0.15) is 44.3 Å². The third-order valence-electron chi connectivity index (χ3n) is 2.89. The first-order valence-corrected chi connectivity index (χ1v) is 6.69. The van der Waals surface area contributed by atoms with E-state index in [9.17, 15) is 9.59 Å². The van der Waals surface area contributed by atoms with Gasteiger partial charge in [0.1, 0.15) is 11.6 Å². The van der Waals surface area contributed by atoms with Crippen LogP contribution >= 0.6 is 0 Å². The largest absolute Gasteiger partial charge is 0.466 e. The van der Waals surface area contributed by atoms with E-state index in [0.29, 0.717) is 37.7 Å². The van der Waals surface area contributed by atoms with Crippen LogP contribution in [-0.4, -0.2) is 29.1 Å². The molecule has 1 heterocycles. The lowest BCUT2D eigenvalue weighted by atomic mass is 10.3. The van der Waals surface area contributed by atoms with Crippen LogP contribution in [0.2, 0.25) is 0 Å². The molecule has 0 radical (unpaired) electrons. The number of carbonyl (C=O) groups is 1. The average Bonchev–Trinajstić information content (AvgIpc) is 3.18. The van der Waals surface area contributed by atoms with E-state index in [0.717, 1.165) is 18.7 Å². The minimum atomic E-state index is -0.193. The van der Waals surface area contributed by atoms with Gasteiger partial charge in [-0.15, -0.1) is 0 Å². The number of hydrogen-bond donors (Lipinski definition) is 2. The summed E-state index contributed by atoms with van der Waals surface area (Å²) in [5.41, 5.74) is -0.134. The van der Waals surface area contributed by atoms with Crippen molar-refractivity contribution in [2.45, 2.75) is 38.5 Å². The van der Waals surface area contributed by atoms with Gasteiger partial charge in [-0.2, -0.15) is 0 Å². The molecule has 1 aromatic rings. The minimum absolute atomic E-state index is 0.134. The molecule has 1 aliphatic carbocycles. The van der Waals surface area contributed by atoms with E-state index >= 15 is 0 Å². The molecule has 6 heteroatoms. The van der Waals surface area contributed by atoms with Crippen LogP contribution < -0.4 is 10.9 Å².